The Morgan fingerprint density at radius 1 is 1.00 bits per heavy atom. The number of benzene rings is 3. The molecule has 0 aliphatic carbocycles. The number of nitrogens with one attached hydrogen (secondary N) is 1. The summed E-state index contributed by atoms with van der Waals surface area (Å²) in [5.74, 6) is -0.819. The number of rotatable bonds is 8. The highest BCUT2D eigenvalue weighted by Gasteiger charge is 2.17. The van der Waals surface area contributed by atoms with Gasteiger partial charge < -0.3 is 5.32 Å². The monoisotopic (exact) mass is 475 g/mol. The fourth-order valence-electron chi connectivity index (χ4n) is 3.46. The van der Waals surface area contributed by atoms with Gasteiger partial charge in [0.2, 0.25) is 5.91 Å². The number of hydrogen-bond acceptors (Lipinski definition) is 5. The van der Waals surface area contributed by atoms with E-state index in [1.807, 2.05) is 6.92 Å². The molecule has 4 aromatic rings. The first-order chi connectivity index (χ1) is 16.5. The van der Waals surface area contributed by atoms with E-state index < -0.39 is 11.4 Å². The summed E-state index contributed by atoms with van der Waals surface area (Å²) in [6.07, 6.45) is 1.18. The predicted molar refractivity (Wildman–Crippen MR) is 132 cm³/mol. The van der Waals surface area contributed by atoms with E-state index in [-0.39, 0.29) is 28.3 Å². The Morgan fingerprint density at radius 2 is 1.71 bits per heavy atom. The van der Waals surface area contributed by atoms with E-state index in [1.54, 1.807) is 60.7 Å². The highest BCUT2D eigenvalue weighted by molar-refractivity contribution is 7.99. The van der Waals surface area contributed by atoms with Crippen LogP contribution in [-0.4, -0.2) is 27.0 Å². The standard InChI is InChI=1S/C26H22FN3O3S/c1-2-7-24(32)28-18-14-12-17(13-15-18)23(31)16-34-26-29-21-10-5-3-8-19(21)25(33)30(26)22-11-6-4-9-20(22)27/h3-6,8-15H,2,7,16H2,1H3,(H,28,32). The number of carbonyl (C=O) groups excluding carboxylic acids is 2. The van der Waals surface area contributed by atoms with Gasteiger partial charge in [-0.25, -0.2) is 9.37 Å². The van der Waals surface area contributed by atoms with Crippen LogP contribution in [0.25, 0.3) is 16.6 Å². The van der Waals surface area contributed by atoms with Crippen LogP contribution >= 0.6 is 11.8 Å². The fourth-order valence-corrected chi connectivity index (χ4v) is 4.36. The Balaban J connectivity index is 1.60. The van der Waals surface area contributed by atoms with Gasteiger partial charge in [-0.15, -0.1) is 0 Å². The Bertz CT molecular complexity index is 1420. The van der Waals surface area contributed by atoms with Gasteiger partial charge in [0.05, 0.1) is 22.3 Å². The lowest BCUT2D eigenvalue weighted by molar-refractivity contribution is -0.116. The molecule has 0 spiro atoms. The first-order valence-electron chi connectivity index (χ1n) is 10.8. The summed E-state index contributed by atoms with van der Waals surface area (Å²) in [5, 5.41) is 3.37. The number of halogens is 1. The van der Waals surface area contributed by atoms with Gasteiger partial charge >= 0.3 is 0 Å². The minimum Gasteiger partial charge on any atom is -0.326 e. The van der Waals surface area contributed by atoms with Crippen molar-refractivity contribution in [3.05, 3.63) is 94.5 Å². The molecule has 4 rings (SSSR count). The van der Waals surface area contributed by atoms with Crippen molar-refractivity contribution < 1.29 is 14.0 Å². The Morgan fingerprint density at radius 3 is 2.44 bits per heavy atom. The topological polar surface area (TPSA) is 81.1 Å². The van der Waals surface area contributed by atoms with Crippen molar-refractivity contribution >= 4 is 40.0 Å². The number of para-hydroxylation sites is 2. The molecular weight excluding hydrogens is 453 g/mol. The largest absolute Gasteiger partial charge is 0.326 e. The summed E-state index contributed by atoms with van der Waals surface area (Å²) < 4.78 is 15.8. The number of amides is 1. The zero-order valence-electron chi connectivity index (χ0n) is 18.5. The first-order valence-corrected chi connectivity index (χ1v) is 11.8. The second-order valence-electron chi connectivity index (χ2n) is 7.59. The van der Waals surface area contributed by atoms with Gasteiger partial charge in [-0.3, -0.25) is 19.0 Å². The average molecular weight is 476 g/mol. The zero-order valence-corrected chi connectivity index (χ0v) is 19.3. The maximum absolute atomic E-state index is 14.6. The Labute approximate surface area is 199 Å². The molecule has 0 atom stereocenters. The minimum absolute atomic E-state index is 0.000767. The van der Waals surface area contributed by atoms with E-state index in [0.29, 0.717) is 28.6 Å². The quantitative estimate of drug-likeness (QED) is 0.214. The molecule has 8 heteroatoms. The zero-order chi connectivity index (χ0) is 24.1. The van der Waals surface area contributed by atoms with E-state index in [9.17, 15) is 18.8 Å². The molecule has 0 saturated heterocycles. The first kappa shape index (κ1) is 23.4. The van der Waals surface area contributed by atoms with E-state index in [4.69, 9.17) is 0 Å². The molecule has 0 fully saturated rings. The predicted octanol–water partition coefficient (Wildman–Crippen LogP) is 5.24. The van der Waals surface area contributed by atoms with E-state index >= 15 is 0 Å². The van der Waals surface area contributed by atoms with Crippen molar-refractivity contribution in [1.82, 2.24) is 9.55 Å². The van der Waals surface area contributed by atoms with Gasteiger partial charge in [-0.1, -0.05) is 43.0 Å². The maximum Gasteiger partial charge on any atom is 0.266 e. The maximum atomic E-state index is 14.6. The van der Waals surface area contributed by atoms with Crippen LogP contribution in [0.3, 0.4) is 0 Å². The smallest absolute Gasteiger partial charge is 0.266 e. The van der Waals surface area contributed by atoms with Crippen molar-refractivity contribution in [2.24, 2.45) is 0 Å². The number of ketones is 1. The van der Waals surface area contributed by atoms with E-state index in [0.717, 1.165) is 18.2 Å². The summed E-state index contributed by atoms with van der Waals surface area (Å²) in [7, 11) is 0. The van der Waals surface area contributed by atoms with Crippen LogP contribution in [0, 0.1) is 5.82 Å². The molecule has 34 heavy (non-hydrogen) atoms. The summed E-state index contributed by atoms with van der Waals surface area (Å²) in [5.41, 5.74) is 1.22. The lowest BCUT2D eigenvalue weighted by Gasteiger charge is -2.13. The SMILES string of the molecule is CCCC(=O)Nc1ccc(C(=O)CSc2nc3ccccc3c(=O)n2-c2ccccc2F)cc1. The molecule has 0 bridgehead atoms. The number of Topliss-reactive ketones (excluding diaryl/α,β-unsaturated/α-hetero) is 1. The van der Waals surface area contributed by atoms with Crippen molar-refractivity contribution in [2.75, 3.05) is 11.1 Å². The number of fused-ring (bicyclic) bond motifs is 1. The van der Waals surface area contributed by atoms with Crippen molar-refractivity contribution in [3.63, 3.8) is 0 Å². The third kappa shape index (κ3) is 5.07. The number of nitrogens with zero attached hydrogens (tertiary/aromatic N) is 2. The van der Waals surface area contributed by atoms with Gasteiger partial charge in [0.15, 0.2) is 10.9 Å². The average Bonchev–Trinajstić information content (AvgIpc) is 2.84. The second-order valence-corrected chi connectivity index (χ2v) is 8.53. The van der Waals surface area contributed by atoms with Gasteiger partial charge in [0.25, 0.3) is 5.56 Å². The number of thioether (sulfide) groups is 1. The molecule has 172 valence electrons. The van der Waals surface area contributed by atoms with Gasteiger partial charge in [0.1, 0.15) is 5.82 Å². The lowest BCUT2D eigenvalue weighted by atomic mass is 10.1. The fraction of sp³-hybridized carbons (Fsp3) is 0.154. The van der Waals surface area contributed by atoms with Crippen molar-refractivity contribution in [1.29, 1.82) is 0 Å². The van der Waals surface area contributed by atoms with E-state index in [2.05, 4.69) is 10.3 Å². The van der Waals surface area contributed by atoms with Crippen molar-refractivity contribution in [2.45, 2.75) is 24.9 Å². The molecule has 1 amide bonds. The molecule has 0 unspecified atom stereocenters. The van der Waals surface area contributed by atoms with E-state index in [1.165, 1.54) is 16.7 Å². The molecule has 1 N–H and O–H groups in total. The molecule has 3 aromatic carbocycles. The summed E-state index contributed by atoms with van der Waals surface area (Å²) >= 11 is 1.07. The molecule has 1 aromatic heterocycles. The van der Waals surface area contributed by atoms with Gasteiger partial charge in [0, 0.05) is 17.7 Å². The highest BCUT2D eigenvalue weighted by atomic mass is 32.2. The molecule has 1 heterocycles. The van der Waals surface area contributed by atoms with Crippen LogP contribution in [0.5, 0.6) is 0 Å². The van der Waals surface area contributed by atoms with Gasteiger partial charge in [-0.05, 0) is 55.0 Å². The Kier molecular flexibility index (Phi) is 7.18. The van der Waals surface area contributed by atoms with Crippen LogP contribution in [0.2, 0.25) is 0 Å². The lowest BCUT2D eigenvalue weighted by Crippen LogP contribution is -2.23. The third-order valence-corrected chi connectivity index (χ3v) is 6.08. The molecule has 0 aliphatic rings. The number of anilines is 1. The minimum atomic E-state index is -0.560. The van der Waals surface area contributed by atoms with Gasteiger partial charge in [-0.2, -0.15) is 0 Å². The van der Waals surface area contributed by atoms with Crippen LogP contribution in [-0.2, 0) is 4.79 Å². The Hall–Kier alpha value is -3.78. The third-order valence-electron chi connectivity index (χ3n) is 5.14. The van der Waals surface area contributed by atoms with Crippen LogP contribution < -0.4 is 10.9 Å². The molecule has 0 aliphatic heterocycles. The summed E-state index contributed by atoms with van der Waals surface area (Å²) in [4.78, 5) is 42.3. The van der Waals surface area contributed by atoms with Crippen molar-refractivity contribution in [3.8, 4) is 5.69 Å². The summed E-state index contributed by atoms with van der Waals surface area (Å²) in [6.45, 7) is 1.93. The molecular formula is C26H22FN3O3S. The molecule has 6 nitrogen and oxygen atoms in total. The normalized spacial score (nSPS) is 10.9. The second kappa shape index (κ2) is 10.4. The number of hydrogen-bond donors (Lipinski definition) is 1. The van der Waals surface area contributed by atoms with Crippen LogP contribution in [0.4, 0.5) is 10.1 Å². The molecule has 0 saturated carbocycles. The number of carbonyl (C=O) groups is 2. The van der Waals surface area contributed by atoms with Crippen LogP contribution in [0.1, 0.15) is 30.1 Å². The summed E-state index contributed by atoms with van der Waals surface area (Å²) in [6, 6.07) is 19.4. The molecule has 0 radical (unpaired) electrons. The van der Waals surface area contributed by atoms with Crippen LogP contribution in [0.15, 0.2) is 82.7 Å². The number of aromatic nitrogens is 2. The highest BCUT2D eigenvalue weighted by Crippen LogP contribution is 2.24.